The molecule has 0 N–H and O–H groups in total. The van der Waals surface area contributed by atoms with E-state index in [1.165, 1.54) is 4.90 Å². The summed E-state index contributed by atoms with van der Waals surface area (Å²) in [6.07, 6.45) is 0.877. The molecule has 4 nitrogen and oxygen atoms in total. The minimum Gasteiger partial charge on any atom is -0.457 e. The predicted molar refractivity (Wildman–Crippen MR) is 98.2 cm³/mol. The van der Waals surface area contributed by atoms with Gasteiger partial charge in [-0.15, -0.1) is 0 Å². The number of imide groups is 1. The molecule has 1 saturated heterocycles. The minimum atomic E-state index is -0.386. The highest BCUT2D eigenvalue weighted by Gasteiger charge is 2.31. The lowest BCUT2D eigenvalue weighted by molar-refractivity contribution is -0.148. The van der Waals surface area contributed by atoms with Crippen molar-refractivity contribution in [3.63, 3.8) is 0 Å². The third-order valence-corrected chi connectivity index (χ3v) is 4.80. The Labute approximate surface area is 154 Å². The number of nitrogens with zero attached hydrogens (tertiary/aromatic N) is 1. The van der Waals surface area contributed by atoms with Gasteiger partial charge in [0.1, 0.15) is 11.5 Å². The second kappa shape index (κ2) is 7.40. The molecule has 1 aliphatic rings. The van der Waals surface area contributed by atoms with Crippen LogP contribution in [0.1, 0.15) is 18.4 Å². The predicted octanol–water partition coefficient (Wildman–Crippen LogP) is 4.19. The molecule has 1 heterocycles. The van der Waals surface area contributed by atoms with E-state index in [0.717, 1.165) is 15.8 Å². The second-order valence-corrected chi connectivity index (χ2v) is 7.11. The van der Waals surface area contributed by atoms with E-state index in [-0.39, 0.29) is 23.6 Å². The smallest absolute Gasteiger partial charge is 0.242 e. The molecule has 3 rings (SSSR count). The summed E-state index contributed by atoms with van der Waals surface area (Å²) < 4.78 is 6.75. The minimum absolute atomic E-state index is 0.138. The highest BCUT2D eigenvalue weighted by atomic mass is 79.9. The lowest BCUT2D eigenvalue weighted by Gasteiger charge is -2.28. The molecule has 0 saturated carbocycles. The van der Waals surface area contributed by atoms with Crippen LogP contribution in [0.5, 0.6) is 11.5 Å². The fourth-order valence-corrected chi connectivity index (χ4v) is 3.00. The van der Waals surface area contributed by atoms with Crippen LogP contribution in [-0.4, -0.2) is 22.0 Å². The lowest BCUT2D eigenvalue weighted by Crippen LogP contribution is -2.45. The first-order valence-electron chi connectivity index (χ1n) is 7.57. The average molecular weight is 406 g/mol. The summed E-state index contributed by atoms with van der Waals surface area (Å²) in [5.41, 5.74) is 0.877. The van der Waals surface area contributed by atoms with Crippen molar-refractivity contribution in [3.8, 4) is 11.5 Å². The molecule has 1 fully saturated rings. The maximum Gasteiger partial charge on any atom is 0.242 e. The highest BCUT2D eigenvalue weighted by molar-refractivity contribution is 9.10. The van der Waals surface area contributed by atoms with Gasteiger partial charge in [0.15, 0.2) is 0 Å². The van der Waals surface area contributed by atoms with Crippen molar-refractivity contribution >= 4 is 40.4 Å². The Morgan fingerprint density at radius 3 is 2.25 bits per heavy atom. The van der Waals surface area contributed by atoms with E-state index < -0.39 is 0 Å². The number of carbonyl (C=O) groups is 2. The van der Waals surface area contributed by atoms with Gasteiger partial charge in [-0.3, -0.25) is 14.5 Å². The standard InChI is InChI=1S/C18H16BrNO3S/c19-13-3-7-15(8-4-13)23-14-5-1-12(2-6-14)11-20-17(21)10-9-16(24)18(20)22/h1-8,16,24H,9-11H2. The van der Waals surface area contributed by atoms with E-state index in [9.17, 15) is 9.59 Å². The SMILES string of the molecule is O=C1CCC(S)C(=O)N1Cc1ccc(Oc2ccc(Br)cc2)cc1. The first-order valence-corrected chi connectivity index (χ1v) is 8.88. The Morgan fingerprint density at radius 1 is 1.04 bits per heavy atom. The Balaban J connectivity index is 1.67. The topological polar surface area (TPSA) is 46.6 Å². The van der Waals surface area contributed by atoms with E-state index in [2.05, 4.69) is 28.6 Å². The number of amides is 2. The summed E-state index contributed by atoms with van der Waals surface area (Å²) in [6, 6.07) is 14.9. The van der Waals surface area contributed by atoms with Gasteiger partial charge in [-0.25, -0.2) is 0 Å². The zero-order chi connectivity index (χ0) is 17.1. The van der Waals surface area contributed by atoms with E-state index >= 15 is 0 Å². The molecule has 24 heavy (non-hydrogen) atoms. The molecule has 2 amide bonds. The van der Waals surface area contributed by atoms with Gasteiger partial charge in [-0.2, -0.15) is 12.6 Å². The normalized spacial score (nSPS) is 17.9. The molecule has 1 unspecified atom stereocenters. The third kappa shape index (κ3) is 3.99. The van der Waals surface area contributed by atoms with Gasteiger partial charge >= 0.3 is 0 Å². The Bertz CT molecular complexity index is 746. The molecule has 0 bridgehead atoms. The molecular formula is C18H16BrNO3S. The van der Waals surface area contributed by atoms with Crippen molar-refractivity contribution in [3.05, 3.63) is 58.6 Å². The Morgan fingerprint density at radius 2 is 1.62 bits per heavy atom. The van der Waals surface area contributed by atoms with Crippen molar-refractivity contribution in [2.24, 2.45) is 0 Å². The van der Waals surface area contributed by atoms with E-state index in [4.69, 9.17) is 4.74 Å². The monoisotopic (exact) mass is 405 g/mol. The van der Waals surface area contributed by atoms with Gasteiger partial charge in [-0.1, -0.05) is 28.1 Å². The van der Waals surface area contributed by atoms with Crippen LogP contribution in [0.4, 0.5) is 0 Å². The van der Waals surface area contributed by atoms with Crippen LogP contribution in [0, 0.1) is 0 Å². The van der Waals surface area contributed by atoms with Crippen molar-refractivity contribution in [2.45, 2.75) is 24.6 Å². The van der Waals surface area contributed by atoms with E-state index in [1.807, 2.05) is 48.5 Å². The molecule has 124 valence electrons. The van der Waals surface area contributed by atoms with Gasteiger partial charge < -0.3 is 4.74 Å². The van der Waals surface area contributed by atoms with Crippen LogP contribution in [0.2, 0.25) is 0 Å². The van der Waals surface area contributed by atoms with Crippen LogP contribution >= 0.6 is 28.6 Å². The summed E-state index contributed by atoms with van der Waals surface area (Å²) in [5, 5.41) is -0.386. The van der Waals surface area contributed by atoms with Crippen LogP contribution in [0.3, 0.4) is 0 Å². The van der Waals surface area contributed by atoms with Crippen LogP contribution < -0.4 is 4.74 Å². The molecular weight excluding hydrogens is 390 g/mol. The van der Waals surface area contributed by atoms with Crippen molar-refractivity contribution in [1.82, 2.24) is 4.90 Å². The quantitative estimate of drug-likeness (QED) is 0.612. The molecule has 0 spiro atoms. The molecule has 0 aliphatic carbocycles. The van der Waals surface area contributed by atoms with Gasteiger partial charge in [0.05, 0.1) is 11.8 Å². The van der Waals surface area contributed by atoms with Crippen LogP contribution in [0.15, 0.2) is 53.0 Å². The van der Waals surface area contributed by atoms with E-state index in [0.29, 0.717) is 18.6 Å². The fourth-order valence-electron chi connectivity index (χ4n) is 2.47. The zero-order valence-corrected chi connectivity index (χ0v) is 15.3. The Hall–Kier alpha value is -1.79. The van der Waals surface area contributed by atoms with Gasteiger partial charge in [0.2, 0.25) is 11.8 Å². The highest BCUT2D eigenvalue weighted by Crippen LogP contribution is 2.25. The fraction of sp³-hybridized carbons (Fsp3) is 0.222. The van der Waals surface area contributed by atoms with E-state index in [1.54, 1.807) is 0 Å². The zero-order valence-electron chi connectivity index (χ0n) is 12.8. The number of benzene rings is 2. The number of piperidine rings is 1. The van der Waals surface area contributed by atoms with Crippen LogP contribution in [-0.2, 0) is 16.1 Å². The first-order chi connectivity index (χ1) is 11.5. The van der Waals surface area contributed by atoms with Gasteiger partial charge in [-0.05, 0) is 48.4 Å². The molecule has 2 aromatic carbocycles. The number of halogens is 1. The molecule has 2 aromatic rings. The largest absolute Gasteiger partial charge is 0.457 e. The summed E-state index contributed by atoms with van der Waals surface area (Å²) in [4.78, 5) is 25.3. The van der Waals surface area contributed by atoms with Gasteiger partial charge in [0.25, 0.3) is 0 Å². The Kier molecular flexibility index (Phi) is 5.26. The molecule has 0 aromatic heterocycles. The third-order valence-electron chi connectivity index (χ3n) is 3.80. The summed E-state index contributed by atoms with van der Waals surface area (Å²) >= 11 is 7.62. The average Bonchev–Trinajstić information content (AvgIpc) is 2.59. The molecule has 1 atom stereocenters. The maximum atomic E-state index is 12.1. The van der Waals surface area contributed by atoms with Crippen molar-refractivity contribution in [2.75, 3.05) is 0 Å². The first kappa shape index (κ1) is 17.0. The number of hydrogen-bond donors (Lipinski definition) is 1. The van der Waals surface area contributed by atoms with Gasteiger partial charge in [0, 0.05) is 10.9 Å². The summed E-state index contributed by atoms with van der Waals surface area (Å²) in [7, 11) is 0. The summed E-state index contributed by atoms with van der Waals surface area (Å²) in [6.45, 7) is 0.271. The number of carbonyl (C=O) groups excluding carboxylic acids is 2. The molecule has 1 aliphatic heterocycles. The second-order valence-electron chi connectivity index (χ2n) is 5.57. The molecule has 0 radical (unpaired) electrons. The number of thiol groups is 1. The molecule has 6 heteroatoms. The van der Waals surface area contributed by atoms with Crippen LogP contribution in [0.25, 0.3) is 0 Å². The lowest BCUT2D eigenvalue weighted by atomic mass is 10.1. The van der Waals surface area contributed by atoms with Crippen molar-refractivity contribution in [1.29, 1.82) is 0 Å². The number of ether oxygens (including phenoxy) is 1. The maximum absolute atomic E-state index is 12.1. The van der Waals surface area contributed by atoms with Crippen molar-refractivity contribution < 1.29 is 14.3 Å². The number of hydrogen-bond acceptors (Lipinski definition) is 4. The summed E-state index contributed by atoms with van der Waals surface area (Å²) in [5.74, 6) is 1.08. The number of likely N-dealkylation sites (tertiary alicyclic amines) is 1. The number of rotatable bonds is 4.